The number of halogens is 1. The SMILES string of the molecule is CCCCNC(=O)c1ccc(CN=C(NCC)NCc2ncc(CC)s2)cc1.I. The van der Waals surface area contributed by atoms with Crippen LogP contribution in [0.2, 0.25) is 0 Å². The van der Waals surface area contributed by atoms with Crippen LogP contribution >= 0.6 is 35.3 Å². The van der Waals surface area contributed by atoms with E-state index >= 15 is 0 Å². The number of hydrogen-bond donors (Lipinski definition) is 3. The smallest absolute Gasteiger partial charge is 0.251 e. The Morgan fingerprint density at radius 1 is 1.10 bits per heavy atom. The van der Waals surface area contributed by atoms with Crippen LogP contribution < -0.4 is 16.0 Å². The van der Waals surface area contributed by atoms with Gasteiger partial charge >= 0.3 is 0 Å². The third-order valence-corrected chi connectivity index (χ3v) is 5.29. The predicted molar refractivity (Wildman–Crippen MR) is 132 cm³/mol. The van der Waals surface area contributed by atoms with E-state index in [1.54, 1.807) is 11.3 Å². The molecule has 0 radical (unpaired) electrons. The Balaban J connectivity index is 0.00000420. The van der Waals surface area contributed by atoms with Crippen LogP contribution in [0.1, 0.15) is 59.4 Å². The molecule has 0 aliphatic heterocycles. The van der Waals surface area contributed by atoms with Gasteiger partial charge in [0.25, 0.3) is 5.91 Å². The number of nitrogens with one attached hydrogen (secondary N) is 3. The number of rotatable bonds is 10. The summed E-state index contributed by atoms with van der Waals surface area (Å²) < 4.78 is 0. The van der Waals surface area contributed by atoms with E-state index in [-0.39, 0.29) is 29.9 Å². The minimum atomic E-state index is -0.0200. The predicted octanol–water partition coefficient (Wildman–Crippen LogP) is 4.11. The largest absolute Gasteiger partial charge is 0.357 e. The highest BCUT2D eigenvalue weighted by atomic mass is 127. The molecule has 1 aromatic heterocycles. The number of benzene rings is 1. The Kier molecular flexibility index (Phi) is 12.5. The lowest BCUT2D eigenvalue weighted by Crippen LogP contribution is -2.36. The molecule has 2 aromatic rings. The first-order chi connectivity index (χ1) is 13.7. The van der Waals surface area contributed by atoms with Gasteiger partial charge in [0.05, 0.1) is 13.1 Å². The molecule has 1 amide bonds. The lowest BCUT2D eigenvalue weighted by Gasteiger charge is -2.10. The molecule has 1 heterocycles. The highest BCUT2D eigenvalue weighted by Gasteiger charge is 2.05. The molecular weight excluding hydrogens is 497 g/mol. The van der Waals surface area contributed by atoms with Gasteiger partial charge in [-0.3, -0.25) is 4.79 Å². The molecule has 6 nitrogen and oxygen atoms in total. The van der Waals surface area contributed by atoms with Crippen molar-refractivity contribution in [2.75, 3.05) is 13.1 Å². The molecule has 160 valence electrons. The zero-order valence-electron chi connectivity index (χ0n) is 17.5. The summed E-state index contributed by atoms with van der Waals surface area (Å²) in [6, 6.07) is 7.62. The van der Waals surface area contributed by atoms with Gasteiger partial charge in [0, 0.05) is 29.7 Å². The van der Waals surface area contributed by atoms with E-state index < -0.39 is 0 Å². The van der Waals surface area contributed by atoms with Gasteiger partial charge in [-0.2, -0.15) is 0 Å². The molecule has 0 aliphatic carbocycles. The lowest BCUT2D eigenvalue weighted by molar-refractivity contribution is 0.0953. The fourth-order valence-corrected chi connectivity index (χ4v) is 3.31. The van der Waals surface area contributed by atoms with Crippen molar-refractivity contribution in [3.63, 3.8) is 0 Å². The summed E-state index contributed by atoms with van der Waals surface area (Å²) in [6.07, 6.45) is 5.02. The highest BCUT2D eigenvalue weighted by Crippen LogP contribution is 2.12. The number of nitrogens with zero attached hydrogens (tertiary/aromatic N) is 2. The molecule has 8 heteroatoms. The number of aromatic nitrogens is 1. The van der Waals surface area contributed by atoms with E-state index in [1.807, 2.05) is 37.4 Å². The number of unbranched alkanes of at least 4 members (excludes halogenated alkanes) is 1. The third-order valence-electron chi connectivity index (χ3n) is 4.15. The molecule has 0 saturated heterocycles. The van der Waals surface area contributed by atoms with Crippen molar-refractivity contribution in [2.24, 2.45) is 4.99 Å². The number of amides is 1. The molecule has 0 spiro atoms. The van der Waals surface area contributed by atoms with E-state index in [0.29, 0.717) is 18.7 Å². The molecule has 0 fully saturated rings. The number of carbonyl (C=O) groups excluding carboxylic acids is 1. The molecule has 29 heavy (non-hydrogen) atoms. The monoisotopic (exact) mass is 529 g/mol. The van der Waals surface area contributed by atoms with Crippen molar-refractivity contribution in [1.82, 2.24) is 20.9 Å². The van der Waals surface area contributed by atoms with E-state index in [1.165, 1.54) is 4.88 Å². The van der Waals surface area contributed by atoms with Crippen LogP contribution in [-0.4, -0.2) is 29.9 Å². The Morgan fingerprint density at radius 3 is 2.48 bits per heavy atom. The number of aryl methyl sites for hydroxylation is 1. The van der Waals surface area contributed by atoms with Crippen molar-refractivity contribution in [3.05, 3.63) is 51.5 Å². The second-order valence-corrected chi connectivity index (χ2v) is 7.63. The van der Waals surface area contributed by atoms with E-state index in [0.717, 1.165) is 48.9 Å². The van der Waals surface area contributed by atoms with E-state index in [2.05, 4.69) is 39.8 Å². The second kappa shape index (κ2) is 14.3. The fraction of sp³-hybridized carbons (Fsp3) is 0.476. The maximum Gasteiger partial charge on any atom is 0.251 e. The zero-order valence-corrected chi connectivity index (χ0v) is 20.6. The van der Waals surface area contributed by atoms with Crippen LogP contribution in [0.3, 0.4) is 0 Å². The summed E-state index contributed by atoms with van der Waals surface area (Å²) in [6.45, 7) is 9.01. The van der Waals surface area contributed by atoms with Crippen molar-refractivity contribution in [3.8, 4) is 0 Å². The Bertz CT molecular complexity index is 761. The number of guanidine groups is 1. The van der Waals surface area contributed by atoms with Gasteiger partial charge in [0.15, 0.2) is 5.96 Å². The quantitative estimate of drug-likeness (QED) is 0.187. The van der Waals surface area contributed by atoms with Crippen LogP contribution in [0.15, 0.2) is 35.5 Å². The van der Waals surface area contributed by atoms with Gasteiger partial charge in [0.1, 0.15) is 5.01 Å². The molecular formula is C21H32IN5OS. The molecule has 0 bridgehead atoms. The maximum absolute atomic E-state index is 12.1. The third kappa shape index (κ3) is 9.12. The van der Waals surface area contributed by atoms with Gasteiger partial charge in [-0.15, -0.1) is 35.3 Å². The van der Waals surface area contributed by atoms with Crippen LogP contribution in [-0.2, 0) is 19.5 Å². The Hall–Kier alpha value is -1.68. The maximum atomic E-state index is 12.1. The zero-order chi connectivity index (χ0) is 20.2. The molecule has 2 rings (SSSR count). The minimum Gasteiger partial charge on any atom is -0.357 e. The van der Waals surface area contributed by atoms with Crippen molar-refractivity contribution < 1.29 is 4.79 Å². The van der Waals surface area contributed by atoms with Gasteiger partial charge < -0.3 is 16.0 Å². The first kappa shape index (κ1) is 25.4. The highest BCUT2D eigenvalue weighted by molar-refractivity contribution is 14.0. The molecule has 0 unspecified atom stereocenters. The Labute approximate surface area is 195 Å². The summed E-state index contributed by atoms with van der Waals surface area (Å²) >= 11 is 1.72. The lowest BCUT2D eigenvalue weighted by atomic mass is 10.1. The summed E-state index contributed by atoms with van der Waals surface area (Å²) in [5.74, 6) is 0.741. The second-order valence-electron chi connectivity index (χ2n) is 6.43. The number of thiazole rings is 1. The Morgan fingerprint density at radius 2 is 1.86 bits per heavy atom. The van der Waals surface area contributed by atoms with Crippen LogP contribution in [0.25, 0.3) is 0 Å². The average Bonchev–Trinajstić information content (AvgIpc) is 3.18. The van der Waals surface area contributed by atoms with E-state index in [9.17, 15) is 4.79 Å². The van der Waals surface area contributed by atoms with E-state index in [4.69, 9.17) is 0 Å². The molecule has 0 atom stereocenters. The van der Waals surface area contributed by atoms with Gasteiger partial charge in [-0.05, 0) is 37.5 Å². The summed E-state index contributed by atoms with van der Waals surface area (Å²) in [4.78, 5) is 22.4. The minimum absolute atomic E-state index is 0. The molecule has 0 saturated carbocycles. The summed E-state index contributed by atoms with van der Waals surface area (Å²) in [5.41, 5.74) is 1.74. The van der Waals surface area contributed by atoms with Crippen LogP contribution in [0.5, 0.6) is 0 Å². The number of aliphatic imine (C=N–C) groups is 1. The standard InChI is InChI=1S/C21H31N5OS.HI/c1-4-7-12-23-20(27)17-10-8-16(9-11-17)13-25-21(22-6-3)26-15-19-24-14-18(5-2)28-19;/h8-11,14H,4-7,12-13,15H2,1-3H3,(H,23,27)(H2,22,25,26);1H. The molecule has 1 aromatic carbocycles. The summed E-state index contributed by atoms with van der Waals surface area (Å²) in [7, 11) is 0. The molecule has 0 aliphatic rings. The summed E-state index contributed by atoms with van der Waals surface area (Å²) in [5, 5.41) is 10.6. The molecule has 3 N–H and O–H groups in total. The normalized spacial score (nSPS) is 10.9. The number of carbonyl (C=O) groups is 1. The van der Waals surface area contributed by atoms with Gasteiger partial charge in [-0.1, -0.05) is 32.4 Å². The fourth-order valence-electron chi connectivity index (χ4n) is 2.51. The van der Waals surface area contributed by atoms with Crippen LogP contribution in [0.4, 0.5) is 0 Å². The van der Waals surface area contributed by atoms with Gasteiger partial charge in [0.2, 0.25) is 0 Å². The van der Waals surface area contributed by atoms with Gasteiger partial charge in [-0.25, -0.2) is 9.98 Å². The first-order valence-corrected chi connectivity index (χ1v) is 10.8. The topological polar surface area (TPSA) is 78.4 Å². The average molecular weight is 529 g/mol. The van der Waals surface area contributed by atoms with Crippen molar-refractivity contribution in [2.45, 2.75) is 53.1 Å². The van der Waals surface area contributed by atoms with Crippen molar-refractivity contribution in [1.29, 1.82) is 0 Å². The van der Waals surface area contributed by atoms with Crippen LogP contribution in [0, 0.1) is 0 Å². The van der Waals surface area contributed by atoms with Crippen molar-refractivity contribution >= 4 is 47.2 Å². The number of hydrogen-bond acceptors (Lipinski definition) is 4. The first-order valence-electron chi connectivity index (χ1n) is 9.99.